The average Bonchev–Trinajstić information content (AvgIpc) is 2.86. The first kappa shape index (κ1) is 13.4. The predicted octanol–water partition coefficient (Wildman–Crippen LogP) is 2.17. The Hall–Kier alpha value is -2.04. The van der Waals surface area contributed by atoms with Gasteiger partial charge in [-0.05, 0) is 18.4 Å². The molecule has 0 aliphatic heterocycles. The number of hydrogen-bond donors (Lipinski definition) is 2. The lowest BCUT2D eigenvalue weighted by Crippen LogP contribution is -2.40. The highest BCUT2D eigenvalue weighted by Gasteiger charge is 2.34. The van der Waals surface area contributed by atoms with Gasteiger partial charge < -0.3 is 15.2 Å². The van der Waals surface area contributed by atoms with Crippen molar-refractivity contribution in [3.63, 3.8) is 0 Å². The molecule has 1 saturated carbocycles. The van der Waals surface area contributed by atoms with Crippen molar-refractivity contribution in [2.45, 2.75) is 31.9 Å². The normalized spacial score (nSPS) is 21.9. The molecular weight excluding hydrogens is 246 g/mol. The van der Waals surface area contributed by atoms with Gasteiger partial charge in [-0.1, -0.05) is 36.8 Å². The van der Waals surface area contributed by atoms with Crippen LogP contribution in [0.25, 0.3) is 0 Å². The summed E-state index contributed by atoms with van der Waals surface area (Å²) in [5, 5.41) is 11.7. The Morgan fingerprint density at radius 1 is 1.26 bits per heavy atom. The van der Waals surface area contributed by atoms with Crippen molar-refractivity contribution in [1.29, 1.82) is 0 Å². The molecule has 5 heteroatoms. The first-order valence-corrected chi connectivity index (χ1v) is 6.37. The smallest absolute Gasteiger partial charge is 0.407 e. The number of nitrogens with one attached hydrogen (secondary N) is 1. The van der Waals surface area contributed by atoms with E-state index < -0.39 is 18.0 Å². The Kier molecular flexibility index (Phi) is 4.39. The van der Waals surface area contributed by atoms with Crippen molar-refractivity contribution in [3.05, 3.63) is 35.9 Å². The second-order valence-corrected chi connectivity index (χ2v) is 4.69. The highest BCUT2D eigenvalue weighted by molar-refractivity contribution is 5.74. The van der Waals surface area contributed by atoms with E-state index in [1.54, 1.807) is 0 Å². The summed E-state index contributed by atoms with van der Waals surface area (Å²) in [5.41, 5.74) is 0.902. The summed E-state index contributed by atoms with van der Waals surface area (Å²) >= 11 is 0. The molecule has 1 fully saturated rings. The van der Waals surface area contributed by atoms with Gasteiger partial charge in [0, 0.05) is 6.04 Å². The van der Waals surface area contributed by atoms with Gasteiger partial charge in [0.2, 0.25) is 0 Å². The Morgan fingerprint density at radius 3 is 2.68 bits per heavy atom. The summed E-state index contributed by atoms with van der Waals surface area (Å²) in [6.07, 6.45) is 1.57. The van der Waals surface area contributed by atoms with Crippen molar-refractivity contribution >= 4 is 12.1 Å². The molecule has 102 valence electrons. The third-order valence-corrected chi connectivity index (χ3v) is 3.35. The van der Waals surface area contributed by atoms with Crippen LogP contribution in [0.15, 0.2) is 30.3 Å². The van der Waals surface area contributed by atoms with E-state index in [0.29, 0.717) is 12.8 Å². The molecular formula is C14H17NO4. The molecule has 1 aliphatic rings. The third-order valence-electron chi connectivity index (χ3n) is 3.35. The molecule has 0 aromatic heterocycles. The van der Waals surface area contributed by atoms with E-state index in [-0.39, 0.29) is 12.6 Å². The molecule has 0 bridgehead atoms. The Bertz CT molecular complexity index is 446. The number of carboxylic acids is 1. The molecule has 1 aromatic rings. The molecule has 0 unspecified atom stereocenters. The SMILES string of the molecule is O=C(N[C@H]1CCC[C@@H]1C(=O)O)OCc1ccccc1. The molecule has 2 rings (SSSR count). The fraction of sp³-hybridized carbons (Fsp3) is 0.429. The Balaban J connectivity index is 1.80. The van der Waals surface area contributed by atoms with Crippen LogP contribution in [0.1, 0.15) is 24.8 Å². The van der Waals surface area contributed by atoms with Crippen LogP contribution in [0.5, 0.6) is 0 Å². The number of hydrogen-bond acceptors (Lipinski definition) is 3. The van der Waals surface area contributed by atoms with Crippen LogP contribution in [0.2, 0.25) is 0 Å². The maximum absolute atomic E-state index is 11.6. The highest BCUT2D eigenvalue weighted by Crippen LogP contribution is 2.25. The molecule has 2 atom stereocenters. The van der Waals surface area contributed by atoms with Gasteiger partial charge >= 0.3 is 12.1 Å². The molecule has 1 aromatic carbocycles. The minimum Gasteiger partial charge on any atom is -0.481 e. The van der Waals surface area contributed by atoms with Gasteiger partial charge in [-0.2, -0.15) is 0 Å². The van der Waals surface area contributed by atoms with Crippen LogP contribution in [-0.4, -0.2) is 23.2 Å². The van der Waals surface area contributed by atoms with Crippen LogP contribution in [-0.2, 0) is 16.1 Å². The molecule has 0 spiro atoms. The van der Waals surface area contributed by atoms with Crippen molar-refractivity contribution in [2.75, 3.05) is 0 Å². The highest BCUT2D eigenvalue weighted by atomic mass is 16.5. The lowest BCUT2D eigenvalue weighted by molar-refractivity contribution is -0.142. The van der Waals surface area contributed by atoms with Crippen LogP contribution in [0.4, 0.5) is 4.79 Å². The van der Waals surface area contributed by atoms with E-state index in [0.717, 1.165) is 12.0 Å². The summed E-state index contributed by atoms with van der Waals surface area (Å²) in [4.78, 5) is 22.6. The number of carbonyl (C=O) groups excluding carboxylic acids is 1. The van der Waals surface area contributed by atoms with E-state index in [4.69, 9.17) is 9.84 Å². The van der Waals surface area contributed by atoms with E-state index >= 15 is 0 Å². The number of rotatable bonds is 4. The van der Waals surface area contributed by atoms with Gasteiger partial charge in [0.25, 0.3) is 0 Å². The predicted molar refractivity (Wildman–Crippen MR) is 68.5 cm³/mol. The van der Waals surface area contributed by atoms with Gasteiger partial charge in [-0.25, -0.2) is 4.79 Å². The Morgan fingerprint density at radius 2 is 2.00 bits per heavy atom. The summed E-state index contributed by atoms with van der Waals surface area (Å²) in [6, 6.07) is 9.04. The van der Waals surface area contributed by atoms with Crippen LogP contribution in [0.3, 0.4) is 0 Å². The number of ether oxygens (including phenoxy) is 1. The first-order valence-electron chi connectivity index (χ1n) is 6.37. The first-order chi connectivity index (χ1) is 9.16. The zero-order valence-electron chi connectivity index (χ0n) is 10.5. The maximum atomic E-state index is 11.6. The van der Waals surface area contributed by atoms with Gasteiger partial charge in [-0.3, -0.25) is 4.79 Å². The minimum absolute atomic E-state index is 0.192. The maximum Gasteiger partial charge on any atom is 0.407 e. The standard InChI is InChI=1S/C14H17NO4/c16-13(17)11-7-4-8-12(11)15-14(18)19-9-10-5-2-1-3-6-10/h1-3,5-6,11-12H,4,7-9H2,(H,15,18)(H,16,17)/t11-,12-/m0/s1. The van der Waals surface area contributed by atoms with Crippen molar-refractivity contribution < 1.29 is 19.4 Å². The molecule has 5 nitrogen and oxygen atoms in total. The van der Waals surface area contributed by atoms with E-state index in [1.165, 1.54) is 0 Å². The molecule has 0 radical (unpaired) electrons. The largest absolute Gasteiger partial charge is 0.481 e. The third kappa shape index (κ3) is 3.71. The summed E-state index contributed by atoms with van der Waals surface area (Å²) < 4.78 is 5.08. The van der Waals surface area contributed by atoms with Gasteiger partial charge in [-0.15, -0.1) is 0 Å². The topological polar surface area (TPSA) is 75.6 Å². The van der Waals surface area contributed by atoms with E-state index in [9.17, 15) is 9.59 Å². The van der Waals surface area contributed by atoms with Crippen molar-refractivity contribution in [3.8, 4) is 0 Å². The number of aliphatic carboxylic acids is 1. The second-order valence-electron chi connectivity index (χ2n) is 4.69. The second kappa shape index (κ2) is 6.22. The van der Waals surface area contributed by atoms with Gasteiger partial charge in [0.1, 0.15) is 6.61 Å². The zero-order chi connectivity index (χ0) is 13.7. The van der Waals surface area contributed by atoms with Gasteiger partial charge in [0.05, 0.1) is 5.92 Å². The summed E-state index contributed by atoms with van der Waals surface area (Å²) in [6.45, 7) is 0.192. The number of amides is 1. The lowest BCUT2D eigenvalue weighted by Gasteiger charge is -2.17. The molecule has 19 heavy (non-hydrogen) atoms. The van der Waals surface area contributed by atoms with Crippen molar-refractivity contribution in [2.24, 2.45) is 5.92 Å². The van der Waals surface area contributed by atoms with Crippen molar-refractivity contribution in [1.82, 2.24) is 5.32 Å². The van der Waals surface area contributed by atoms with E-state index in [1.807, 2.05) is 30.3 Å². The summed E-state index contributed by atoms with van der Waals surface area (Å²) in [7, 11) is 0. The number of carboxylic acid groups (broad SMARTS) is 1. The van der Waals surface area contributed by atoms with Gasteiger partial charge in [0.15, 0.2) is 0 Å². The minimum atomic E-state index is -0.856. The average molecular weight is 263 g/mol. The lowest BCUT2D eigenvalue weighted by atomic mass is 10.0. The Labute approximate surface area is 111 Å². The van der Waals surface area contributed by atoms with Crippen LogP contribution >= 0.6 is 0 Å². The number of carbonyl (C=O) groups is 2. The molecule has 0 heterocycles. The van der Waals surface area contributed by atoms with E-state index in [2.05, 4.69) is 5.32 Å². The van der Waals surface area contributed by atoms with Crippen LogP contribution < -0.4 is 5.32 Å². The fourth-order valence-electron chi connectivity index (χ4n) is 2.34. The monoisotopic (exact) mass is 263 g/mol. The zero-order valence-corrected chi connectivity index (χ0v) is 10.5. The van der Waals surface area contributed by atoms with Crippen LogP contribution in [0, 0.1) is 5.92 Å². The molecule has 2 N–H and O–H groups in total. The molecule has 0 saturated heterocycles. The fourth-order valence-corrected chi connectivity index (χ4v) is 2.34. The molecule has 1 amide bonds. The number of alkyl carbamates (subject to hydrolysis) is 1. The quantitative estimate of drug-likeness (QED) is 0.872. The molecule has 1 aliphatic carbocycles. The number of benzene rings is 1. The summed E-state index contributed by atoms with van der Waals surface area (Å²) in [5.74, 6) is -1.35.